The Hall–Kier alpha value is -1.18. The number of sulfonamides is 1. The van der Waals surface area contributed by atoms with E-state index in [1.54, 1.807) is 13.8 Å². The van der Waals surface area contributed by atoms with Gasteiger partial charge in [0, 0.05) is 24.9 Å². The number of H-pyrrole nitrogens is 1. The number of nitrogens with one attached hydrogen (secondary N) is 2. The van der Waals surface area contributed by atoms with E-state index in [2.05, 4.69) is 9.71 Å². The lowest BCUT2D eigenvalue weighted by atomic mass is 10.1. The minimum Gasteiger partial charge on any atom is -0.396 e. The molecule has 7 heteroatoms. The zero-order valence-electron chi connectivity index (χ0n) is 9.67. The van der Waals surface area contributed by atoms with Crippen LogP contribution < -0.4 is 10.3 Å². The molecule has 0 aliphatic carbocycles. The van der Waals surface area contributed by atoms with Crippen molar-refractivity contribution in [3.05, 3.63) is 28.7 Å². The molecule has 1 aromatic heterocycles. The number of aromatic amines is 1. The van der Waals surface area contributed by atoms with Crippen molar-refractivity contribution in [3.8, 4) is 0 Å². The molecule has 0 amide bonds. The Morgan fingerprint density at radius 1 is 1.41 bits per heavy atom. The van der Waals surface area contributed by atoms with E-state index in [0.717, 1.165) is 12.3 Å². The van der Waals surface area contributed by atoms with Gasteiger partial charge in [0.2, 0.25) is 15.6 Å². The number of pyridine rings is 1. The van der Waals surface area contributed by atoms with Gasteiger partial charge in [0.15, 0.2) is 0 Å². The lowest BCUT2D eigenvalue weighted by Crippen LogP contribution is -2.38. The highest BCUT2D eigenvalue weighted by molar-refractivity contribution is 7.89. The van der Waals surface area contributed by atoms with Crippen LogP contribution in [0, 0.1) is 5.92 Å². The van der Waals surface area contributed by atoms with Gasteiger partial charge in [-0.1, -0.05) is 6.92 Å². The van der Waals surface area contributed by atoms with Crippen molar-refractivity contribution in [1.82, 2.24) is 9.71 Å². The summed E-state index contributed by atoms with van der Waals surface area (Å²) in [6.45, 7) is 3.31. The van der Waals surface area contributed by atoms with E-state index >= 15 is 0 Å². The van der Waals surface area contributed by atoms with Crippen molar-refractivity contribution in [2.75, 3.05) is 6.61 Å². The summed E-state index contributed by atoms with van der Waals surface area (Å²) in [4.78, 5) is 13.1. The summed E-state index contributed by atoms with van der Waals surface area (Å²) >= 11 is 0. The molecule has 6 nitrogen and oxygen atoms in total. The molecule has 0 saturated heterocycles. The third-order valence-electron chi connectivity index (χ3n) is 2.55. The molecule has 1 rings (SSSR count). The van der Waals surface area contributed by atoms with Gasteiger partial charge in [-0.15, -0.1) is 0 Å². The van der Waals surface area contributed by atoms with Crippen molar-refractivity contribution in [2.45, 2.75) is 24.8 Å². The molecule has 0 fully saturated rings. The normalized spacial score (nSPS) is 15.5. The maximum atomic E-state index is 11.9. The van der Waals surface area contributed by atoms with E-state index in [-0.39, 0.29) is 23.0 Å². The summed E-state index contributed by atoms with van der Waals surface area (Å²) in [5.74, 6) is -0.187. The van der Waals surface area contributed by atoms with E-state index in [0.29, 0.717) is 0 Å². The molecule has 0 aromatic carbocycles. The number of aliphatic hydroxyl groups excluding tert-OH is 1. The highest BCUT2D eigenvalue weighted by Crippen LogP contribution is 2.09. The zero-order chi connectivity index (χ0) is 13.1. The van der Waals surface area contributed by atoms with Gasteiger partial charge in [-0.2, -0.15) is 0 Å². The number of hydrogen-bond acceptors (Lipinski definition) is 4. The van der Waals surface area contributed by atoms with Crippen LogP contribution in [0.4, 0.5) is 0 Å². The van der Waals surface area contributed by atoms with Gasteiger partial charge in [0.25, 0.3) is 0 Å². The van der Waals surface area contributed by atoms with Crippen molar-refractivity contribution in [1.29, 1.82) is 0 Å². The second kappa shape index (κ2) is 5.44. The molecular weight excluding hydrogens is 244 g/mol. The molecule has 2 atom stereocenters. The third-order valence-corrected chi connectivity index (χ3v) is 4.11. The Kier molecular flexibility index (Phi) is 4.44. The Balaban J connectivity index is 2.89. The van der Waals surface area contributed by atoms with Crippen molar-refractivity contribution >= 4 is 10.0 Å². The Morgan fingerprint density at radius 3 is 2.53 bits per heavy atom. The maximum absolute atomic E-state index is 11.9. The summed E-state index contributed by atoms with van der Waals surface area (Å²) in [6.07, 6.45) is 1.14. The van der Waals surface area contributed by atoms with Gasteiger partial charge in [0.05, 0.1) is 4.90 Å². The minimum absolute atomic E-state index is 0.00547. The van der Waals surface area contributed by atoms with E-state index in [4.69, 9.17) is 5.11 Å². The van der Waals surface area contributed by atoms with Gasteiger partial charge < -0.3 is 10.1 Å². The predicted octanol–water partition coefficient (Wildman–Crippen LogP) is -0.330. The first-order chi connectivity index (χ1) is 7.86. The first kappa shape index (κ1) is 13.9. The van der Waals surface area contributed by atoms with Gasteiger partial charge in [-0.25, -0.2) is 13.1 Å². The summed E-state index contributed by atoms with van der Waals surface area (Å²) in [5.41, 5.74) is -0.360. The van der Waals surface area contributed by atoms with E-state index in [1.165, 1.54) is 6.07 Å². The smallest absolute Gasteiger partial charge is 0.247 e. The highest BCUT2D eigenvalue weighted by atomic mass is 32.2. The highest BCUT2D eigenvalue weighted by Gasteiger charge is 2.20. The third kappa shape index (κ3) is 3.65. The Labute approximate surface area is 99.7 Å². The average molecular weight is 260 g/mol. The summed E-state index contributed by atoms with van der Waals surface area (Å²) in [5, 5.41) is 8.93. The van der Waals surface area contributed by atoms with Crippen LogP contribution in [0.25, 0.3) is 0 Å². The fourth-order valence-corrected chi connectivity index (χ4v) is 2.47. The van der Waals surface area contributed by atoms with Crippen LogP contribution in [0.1, 0.15) is 13.8 Å². The minimum atomic E-state index is -3.66. The molecule has 2 unspecified atom stereocenters. The zero-order valence-corrected chi connectivity index (χ0v) is 10.5. The average Bonchev–Trinajstić information content (AvgIpc) is 2.27. The van der Waals surface area contributed by atoms with Gasteiger partial charge >= 0.3 is 0 Å². The topological polar surface area (TPSA) is 99.3 Å². The van der Waals surface area contributed by atoms with Crippen molar-refractivity contribution < 1.29 is 13.5 Å². The maximum Gasteiger partial charge on any atom is 0.247 e. The van der Waals surface area contributed by atoms with Crippen LogP contribution in [-0.2, 0) is 10.0 Å². The summed E-state index contributed by atoms with van der Waals surface area (Å²) < 4.78 is 26.2. The lowest BCUT2D eigenvalue weighted by molar-refractivity contribution is 0.216. The molecule has 0 aliphatic heterocycles. The number of aliphatic hydroxyl groups is 1. The molecule has 1 heterocycles. The number of hydrogen-bond donors (Lipinski definition) is 3. The Morgan fingerprint density at radius 2 is 2.06 bits per heavy atom. The summed E-state index contributed by atoms with van der Waals surface area (Å²) in [6, 6.07) is 1.99. The standard InChI is InChI=1S/C10H16N2O4S/c1-7(6-13)8(2)12-17(15,16)9-3-4-10(14)11-5-9/h3-5,7-8,12-13H,6H2,1-2H3,(H,11,14). The molecule has 96 valence electrons. The number of rotatable bonds is 5. The van der Waals surface area contributed by atoms with E-state index in [9.17, 15) is 13.2 Å². The molecule has 0 aliphatic rings. The van der Waals surface area contributed by atoms with E-state index in [1.807, 2.05) is 0 Å². The predicted molar refractivity (Wildman–Crippen MR) is 63.1 cm³/mol. The SMILES string of the molecule is CC(CO)C(C)NS(=O)(=O)c1ccc(=O)[nH]c1. The summed E-state index contributed by atoms with van der Waals surface area (Å²) in [7, 11) is -3.66. The fraction of sp³-hybridized carbons (Fsp3) is 0.500. The second-order valence-corrected chi connectivity index (χ2v) is 5.67. The first-order valence-corrected chi connectivity index (χ1v) is 6.67. The van der Waals surface area contributed by atoms with Crippen LogP contribution in [-0.4, -0.2) is 31.2 Å². The lowest BCUT2D eigenvalue weighted by Gasteiger charge is -2.19. The molecule has 1 aromatic rings. The van der Waals surface area contributed by atoms with Crippen LogP contribution in [0.2, 0.25) is 0 Å². The van der Waals surface area contributed by atoms with Crippen LogP contribution in [0.15, 0.2) is 28.0 Å². The molecule has 0 spiro atoms. The quantitative estimate of drug-likeness (QED) is 0.675. The molecule has 17 heavy (non-hydrogen) atoms. The first-order valence-electron chi connectivity index (χ1n) is 5.18. The van der Waals surface area contributed by atoms with Gasteiger partial charge in [0.1, 0.15) is 0 Å². The van der Waals surface area contributed by atoms with E-state index < -0.39 is 16.1 Å². The number of aromatic nitrogens is 1. The molecule has 0 bridgehead atoms. The largest absolute Gasteiger partial charge is 0.396 e. The Bertz CT molecular complexity index is 503. The van der Waals surface area contributed by atoms with Crippen LogP contribution in [0.3, 0.4) is 0 Å². The molecular formula is C10H16N2O4S. The second-order valence-electron chi connectivity index (χ2n) is 3.96. The van der Waals surface area contributed by atoms with Crippen LogP contribution >= 0.6 is 0 Å². The van der Waals surface area contributed by atoms with Gasteiger partial charge in [-0.3, -0.25) is 4.79 Å². The molecule has 3 N–H and O–H groups in total. The van der Waals surface area contributed by atoms with Gasteiger partial charge in [-0.05, 0) is 18.9 Å². The molecule has 0 saturated carbocycles. The molecule has 0 radical (unpaired) electrons. The van der Waals surface area contributed by atoms with Crippen molar-refractivity contribution in [3.63, 3.8) is 0 Å². The van der Waals surface area contributed by atoms with Crippen molar-refractivity contribution in [2.24, 2.45) is 5.92 Å². The fourth-order valence-electron chi connectivity index (χ4n) is 1.15. The monoisotopic (exact) mass is 260 g/mol. The van der Waals surface area contributed by atoms with Crippen LogP contribution in [0.5, 0.6) is 0 Å².